The number of hydrogen-bond acceptors (Lipinski definition) is 2. The number of thiophene rings is 1. The Hall–Kier alpha value is -0.830. The standard InChI is InChI=1S/C12H19NOS/c1-9(8-10-6-5-7-15-10)13-11(14)12(2,3)4/h5-7,9H,8H2,1-4H3,(H,13,14)/t9-/m1/s1. The van der Waals surface area contributed by atoms with E-state index in [4.69, 9.17) is 0 Å². The minimum Gasteiger partial charge on any atom is -0.353 e. The Morgan fingerprint density at radius 3 is 2.67 bits per heavy atom. The van der Waals surface area contributed by atoms with Crippen molar-refractivity contribution < 1.29 is 4.79 Å². The normalized spacial score (nSPS) is 13.6. The molecule has 1 heterocycles. The molecule has 0 aliphatic heterocycles. The SMILES string of the molecule is C[C@H](Cc1cccs1)NC(=O)C(C)(C)C. The van der Waals surface area contributed by atoms with Gasteiger partial charge in [0.05, 0.1) is 0 Å². The van der Waals surface area contributed by atoms with Crippen LogP contribution in [0.2, 0.25) is 0 Å². The summed E-state index contributed by atoms with van der Waals surface area (Å²) in [5.74, 6) is 0.117. The third-order valence-corrected chi connectivity index (χ3v) is 3.04. The molecular weight excluding hydrogens is 206 g/mol. The lowest BCUT2D eigenvalue weighted by Gasteiger charge is -2.21. The quantitative estimate of drug-likeness (QED) is 0.842. The molecule has 84 valence electrons. The van der Waals surface area contributed by atoms with Crippen molar-refractivity contribution in [2.45, 2.75) is 40.2 Å². The Labute approximate surface area is 95.7 Å². The number of amides is 1. The van der Waals surface area contributed by atoms with Crippen molar-refractivity contribution in [3.05, 3.63) is 22.4 Å². The summed E-state index contributed by atoms with van der Waals surface area (Å²) >= 11 is 1.73. The van der Waals surface area contributed by atoms with Gasteiger partial charge in [-0.15, -0.1) is 11.3 Å². The lowest BCUT2D eigenvalue weighted by molar-refractivity contribution is -0.129. The van der Waals surface area contributed by atoms with E-state index in [2.05, 4.69) is 16.8 Å². The van der Waals surface area contributed by atoms with Gasteiger partial charge in [-0.1, -0.05) is 26.8 Å². The molecule has 0 radical (unpaired) electrons. The maximum atomic E-state index is 11.7. The van der Waals surface area contributed by atoms with Crippen LogP contribution in [0.3, 0.4) is 0 Å². The van der Waals surface area contributed by atoms with Crippen molar-refractivity contribution in [1.82, 2.24) is 5.32 Å². The molecule has 1 amide bonds. The van der Waals surface area contributed by atoms with Gasteiger partial charge < -0.3 is 5.32 Å². The number of rotatable bonds is 3. The lowest BCUT2D eigenvalue weighted by atomic mass is 9.95. The van der Waals surface area contributed by atoms with Crippen LogP contribution in [0.5, 0.6) is 0 Å². The van der Waals surface area contributed by atoms with Gasteiger partial charge >= 0.3 is 0 Å². The molecule has 1 aromatic rings. The van der Waals surface area contributed by atoms with Gasteiger partial charge in [0.25, 0.3) is 0 Å². The molecular formula is C12H19NOS. The van der Waals surface area contributed by atoms with E-state index in [1.807, 2.05) is 33.8 Å². The summed E-state index contributed by atoms with van der Waals surface area (Å²) in [4.78, 5) is 13.0. The largest absolute Gasteiger partial charge is 0.353 e. The Bertz CT molecular complexity index is 311. The molecule has 0 unspecified atom stereocenters. The molecule has 1 atom stereocenters. The van der Waals surface area contributed by atoms with Crippen LogP contribution in [0, 0.1) is 5.41 Å². The summed E-state index contributed by atoms with van der Waals surface area (Å²) in [6, 6.07) is 4.35. The molecule has 0 fully saturated rings. The summed E-state index contributed by atoms with van der Waals surface area (Å²) in [5, 5.41) is 5.09. The van der Waals surface area contributed by atoms with E-state index in [1.165, 1.54) is 4.88 Å². The van der Waals surface area contributed by atoms with Gasteiger partial charge in [-0.25, -0.2) is 0 Å². The van der Waals surface area contributed by atoms with Gasteiger partial charge in [0.1, 0.15) is 0 Å². The van der Waals surface area contributed by atoms with Gasteiger partial charge in [-0.2, -0.15) is 0 Å². The van der Waals surface area contributed by atoms with Crippen LogP contribution in [-0.2, 0) is 11.2 Å². The lowest BCUT2D eigenvalue weighted by Crippen LogP contribution is -2.41. The van der Waals surface area contributed by atoms with Crippen LogP contribution >= 0.6 is 11.3 Å². The minimum atomic E-state index is -0.302. The highest BCUT2D eigenvalue weighted by Crippen LogP contribution is 2.15. The Morgan fingerprint density at radius 1 is 1.53 bits per heavy atom. The fourth-order valence-electron chi connectivity index (χ4n) is 1.22. The van der Waals surface area contributed by atoms with Gasteiger partial charge in [0.15, 0.2) is 0 Å². The molecule has 3 heteroatoms. The van der Waals surface area contributed by atoms with Crippen LogP contribution in [0.25, 0.3) is 0 Å². The van der Waals surface area contributed by atoms with E-state index in [0.717, 1.165) is 6.42 Å². The average molecular weight is 225 g/mol. The van der Waals surface area contributed by atoms with Crippen molar-refractivity contribution in [2.24, 2.45) is 5.41 Å². The monoisotopic (exact) mass is 225 g/mol. The van der Waals surface area contributed by atoms with Crippen LogP contribution in [0.15, 0.2) is 17.5 Å². The van der Waals surface area contributed by atoms with Gasteiger partial charge in [0.2, 0.25) is 5.91 Å². The van der Waals surface area contributed by atoms with Crippen molar-refractivity contribution >= 4 is 17.2 Å². The van der Waals surface area contributed by atoms with Crippen LogP contribution < -0.4 is 5.32 Å². The number of carbonyl (C=O) groups is 1. The van der Waals surface area contributed by atoms with Crippen molar-refractivity contribution in [1.29, 1.82) is 0 Å². The Kier molecular flexibility index (Phi) is 3.91. The fraction of sp³-hybridized carbons (Fsp3) is 0.583. The van der Waals surface area contributed by atoms with E-state index < -0.39 is 0 Å². The molecule has 0 aliphatic carbocycles. The molecule has 1 rings (SSSR count). The molecule has 1 aromatic heterocycles. The second-order valence-electron chi connectivity index (χ2n) is 4.91. The van der Waals surface area contributed by atoms with Gasteiger partial charge in [0, 0.05) is 22.8 Å². The van der Waals surface area contributed by atoms with Gasteiger partial charge in [-0.3, -0.25) is 4.79 Å². The predicted molar refractivity (Wildman–Crippen MR) is 65.1 cm³/mol. The minimum absolute atomic E-state index is 0.117. The van der Waals surface area contributed by atoms with Crippen LogP contribution in [-0.4, -0.2) is 11.9 Å². The first-order valence-corrected chi connectivity index (χ1v) is 6.11. The third-order valence-electron chi connectivity index (χ3n) is 2.15. The van der Waals surface area contributed by atoms with Crippen LogP contribution in [0.4, 0.5) is 0 Å². The van der Waals surface area contributed by atoms with E-state index in [-0.39, 0.29) is 17.4 Å². The molecule has 0 bridgehead atoms. The zero-order chi connectivity index (χ0) is 11.5. The predicted octanol–water partition coefficient (Wildman–Crippen LogP) is 2.84. The highest BCUT2D eigenvalue weighted by molar-refractivity contribution is 7.09. The molecule has 0 spiro atoms. The van der Waals surface area contributed by atoms with E-state index in [9.17, 15) is 4.79 Å². The number of carbonyl (C=O) groups excluding carboxylic acids is 1. The van der Waals surface area contributed by atoms with E-state index in [0.29, 0.717) is 0 Å². The Balaban J connectivity index is 2.43. The second-order valence-corrected chi connectivity index (χ2v) is 5.94. The summed E-state index contributed by atoms with van der Waals surface area (Å²) in [6.07, 6.45) is 0.916. The molecule has 0 aliphatic rings. The highest BCUT2D eigenvalue weighted by Gasteiger charge is 2.22. The van der Waals surface area contributed by atoms with E-state index >= 15 is 0 Å². The maximum Gasteiger partial charge on any atom is 0.225 e. The van der Waals surface area contributed by atoms with E-state index in [1.54, 1.807) is 11.3 Å². The molecule has 0 saturated carbocycles. The topological polar surface area (TPSA) is 29.1 Å². The average Bonchev–Trinajstić information content (AvgIpc) is 2.54. The second kappa shape index (κ2) is 4.79. The summed E-state index contributed by atoms with van der Waals surface area (Å²) in [7, 11) is 0. The zero-order valence-corrected chi connectivity index (χ0v) is 10.6. The molecule has 2 nitrogen and oxygen atoms in total. The number of hydrogen-bond donors (Lipinski definition) is 1. The molecule has 0 aromatic carbocycles. The molecule has 15 heavy (non-hydrogen) atoms. The molecule has 0 saturated heterocycles. The third kappa shape index (κ3) is 4.04. The van der Waals surface area contributed by atoms with Gasteiger partial charge in [-0.05, 0) is 18.4 Å². The summed E-state index contributed by atoms with van der Waals surface area (Å²) < 4.78 is 0. The van der Waals surface area contributed by atoms with Crippen molar-refractivity contribution in [3.63, 3.8) is 0 Å². The Morgan fingerprint density at radius 2 is 2.20 bits per heavy atom. The fourth-order valence-corrected chi connectivity index (χ4v) is 2.06. The van der Waals surface area contributed by atoms with Crippen LogP contribution in [0.1, 0.15) is 32.6 Å². The number of nitrogens with one attached hydrogen (secondary N) is 1. The summed E-state index contributed by atoms with van der Waals surface area (Å²) in [5.41, 5.74) is -0.302. The van der Waals surface area contributed by atoms with Crippen molar-refractivity contribution in [3.8, 4) is 0 Å². The smallest absolute Gasteiger partial charge is 0.225 e. The first-order chi connectivity index (χ1) is 6.89. The first-order valence-electron chi connectivity index (χ1n) is 5.23. The maximum absolute atomic E-state index is 11.7. The molecule has 1 N–H and O–H groups in total. The highest BCUT2D eigenvalue weighted by atomic mass is 32.1. The zero-order valence-electron chi connectivity index (χ0n) is 9.83. The summed E-state index contributed by atoms with van der Waals surface area (Å²) in [6.45, 7) is 7.84. The first kappa shape index (κ1) is 12.2. The van der Waals surface area contributed by atoms with Crippen molar-refractivity contribution in [2.75, 3.05) is 0 Å².